The lowest BCUT2D eigenvalue weighted by atomic mass is 10.2. The summed E-state index contributed by atoms with van der Waals surface area (Å²) < 4.78 is 5.34. The first-order valence-corrected chi connectivity index (χ1v) is 5.67. The number of ether oxygens (including phenoxy) is 1. The van der Waals surface area contributed by atoms with Crippen LogP contribution in [0.1, 0.15) is 26.2 Å². The molecule has 1 heterocycles. The summed E-state index contributed by atoms with van der Waals surface area (Å²) in [5.41, 5.74) is 0. The van der Waals surface area contributed by atoms with Crippen molar-refractivity contribution in [1.29, 1.82) is 0 Å². The van der Waals surface area contributed by atoms with Gasteiger partial charge in [-0.25, -0.2) is 0 Å². The number of hydrogen-bond acceptors (Lipinski definition) is 3. The van der Waals surface area contributed by atoms with Gasteiger partial charge in [0.25, 0.3) is 5.17 Å². The fourth-order valence-corrected chi connectivity index (χ4v) is 1.43. The van der Waals surface area contributed by atoms with Gasteiger partial charge >= 0.3 is 0 Å². The number of rotatable bonds is 5. The minimum atomic E-state index is 0.219. The molecule has 1 aliphatic heterocycles. The SMILES string of the molecule is CC(=O)CC/C=C/COC(=S)N1CCC1. The van der Waals surface area contributed by atoms with Gasteiger partial charge in [-0.05, 0) is 32.0 Å². The van der Waals surface area contributed by atoms with Gasteiger partial charge in [-0.15, -0.1) is 0 Å². The lowest BCUT2D eigenvalue weighted by Gasteiger charge is -2.32. The average molecular weight is 227 g/mol. The maximum atomic E-state index is 10.6. The maximum Gasteiger partial charge on any atom is 0.259 e. The molecule has 15 heavy (non-hydrogen) atoms. The molecule has 0 atom stereocenters. The molecular formula is C11H17NO2S. The van der Waals surface area contributed by atoms with Crippen LogP contribution in [-0.2, 0) is 9.53 Å². The van der Waals surface area contributed by atoms with Crippen LogP contribution in [0.4, 0.5) is 0 Å². The smallest absolute Gasteiger partial charge is 0.259 e. The number of likely N-dealkylation sites (tertiary alicyclic amines) is 1. The molecule has 0 aromatic carbocycles. The van der Waals surface area contributed by atoms with Crippen LogP contribution in [0, 0.1) is 0 Å². The minimum Gasteiger partial charge on any atom is -0.467 e. The summed E-state index contributed by atoms with van der Waals surface area (Å²) in [6, 6.07) is 0. The van der Waals surface area contributed by atoms with Gasteiger partial charge in [-0.2, -0.15) is 0 Å². The Labute approximate surface area is 96.1 Å². The van der Waals surface area contributed by atoms with Crippen LogP contribution in [0.2, 0.25) is 0 Å². The van der Waals surface area contributed by atoms with E-state index >= 15 is 0 Å². The van der Waals surface area contributed by atoms with Crippen LogP contribution in [0.5, 0.6) is 0 Å². The molecule has 3 nitrogen and oxygen atoms in total. The van der Waals surface area contributed by atoms with Gasteiger partial charge in [0.2, 0.25) is 0 Å². The van der Waals surface area contributed by atoms with Crippen molar-refractivity contribution >= 4 is 23.2 Å². The van der Waals surface area contributed by atoms with Crippen LogP contribution in [0.25, 0.3) is 0 Å². The molecule has 84 valence electrons. The number of thiocarbonyl (C=S) groups is 1. The number of carbonyl (C=O) groups excluding carboxylic acids is 1. The molecule has 0 saturated carbocycles. The second-order valence-electron chi connectivity index (χ2n) is 3.63. The van der Waals surface area contributed by atoms with Crippen molar-refractivity contribution in [2.24, 2.45) is 0 Å². The van der Waals surface area contributed by atoms with E-state index in [-0.39, 0.29) is 5.78 Å². The van der Waals surface area contributed by atoms with Crippen LogP contribution in [-0.4, -0.2) is 35.6 Å². The summed E-state index contributed by atoms with van der Waals surface area (Å²) in [5, 5.41) is 0.595. The van der Waals surface area contributed by atoms with E-state index in [1.807, 2.05) is 17.1 Å². The standard InChI is InChI=1S/C11H17NO2S/c1-10(13)6-3-2-4-9-14-11(15)12-7-5-8-12/h2,4H,3,5-9H2,1H3/b4-2+. The highest BCUT2D eigenvalue weighted by atomic mass is 32.1. The third kappa shape index (κ3) is 4.93. The van der Waals surface area contributed by atoms with Crippen LogP contribution in [0.3, 0.4) is 0 Å². The highest BCUT2D eigenvalue weighted by Gasteiger charge is 2.17. The van der Waals surface area contributed by atoms with E-state index in [1.54, 1.807) is 6.92 Å². The Morgan fingerprint density at radius 1 is 1.47 bits per heavy atom. The third-order valence-electron chi connectivity index (χ3n) is 2.25. The van der Waals surface area contributed by atoms with Crippen molar-refractivity contribution < 1.29 is 9.53 Å². The largest absolute Gasteiger partial charge is 0.467 e. The van der Waals surface area contributed by atoms with Crippen LogP contribution in [0.15, 0.2) is 12.2 Å². The predicted molar refractivity (Wildman–Crippen MR) is 63.8 cm³/mol. The van der Waals surface area contributed by atoms with E-state index in [0.717, 1.165) is 19.5 Å². The first-order valence-electron chi connectivity index (χ1n) is 5.26. The van der Waals surface area contributed by atoms with Gasteiger partial charge in [0.1, 0.15) is 12.4 Å². The molecule has 0 spiro atoms. The number of Topliss-reactive ketones (excluding diaryl/α,β-unsaturated/α-hetero) is 1. The van der Waals surface area contributed by atoms with E-state index in [9.17, 15) is 4.79 Å². The van der Waals surface area contributed by atoms with E-state index in [4.69, 9.17) is 17.0 Å². The highest BCUT2D eigenvalue weighted by Crippen LogP contribution is 2.07. The Balaban J connectivity index is 1.99. The second kappa shape index (κ2) is 6.56. The Morgan fingerprint density at radius 2 is 2.20 bits per heavy atom. The zero-order chi connectivity index (χ0) is 11.1. The predicted octanol–water partition coefficient (Wildman–Crippen LogP) is 1.92. The van der Waals surface area contributed by atoms with E-state index in [1.165, 1.54) is 6.42 Å². The van der Waals surface area contributed by atoms with Gasteiger partial charge in [-0.3, -0.25) is 0 Å². The minimum absolute atomic E-state index is 0.219. The molecule has 4 heteroatoms. The summed E-state index contributed by atoms with van der Waals surface area (Å²) in [5.74, 6) is 0.219. The van der Waals surface area contributed by atoms with Crippen molar-refractivity contribution in [3.05, 3.63) is 12.2 Å². The van der Waals surface area contributed by atoms with E-state index in [2.05, 4.69) is 0 Å². The van der Waals surface area contributed by atoms with Gasteiger partial charge in [0.15, 0.2) is 0 Å². The second-order valence-corrected chi connectivity index (χ2v) is 3.98. The lowest BCUT2D eigenvalue weighted by Crippen LogP contribution is -2.42. The molecule has 0 bridgehead atoms. The van der Waals surface area contributed by atoms with E-state index in [0.29, 0.717) is 18.2 Å². The summed E-state index contributed by atoms with van der Waals surface area (Å²) in [6.07, 6.45) is 6.47. The van der Waals surface area contributed by atoms with Crippen LogP contribution < -0.4 is 0 Å². The molecule has 0 aliphatic carbocycles. The third-order valence-corrected chi connectivity index (χ3v) is 2.62. The van der Waals surface area contributed by atoms with Crippen molar-refractivity contribution in [3.8, 4) is 0 Å². The zero-order valence-corrected chi connectivity index (χ0v) is 9.89. The van der Waals surface area contributed by atoms with Gasteiger partial charge in [0.05, 0.1) is 0 Å². The van der Waals surface area contributed by atoms with Crippen molar-refractivity contribution in [2.75, 3.05) is 19.7 Å². The summed E-state index contributed by atoms with van der Waals surface area (Å²) in [7, 11) is 0. The number of allylic oxidation sites excluding steroid dienone is 1. The molecule has 1 aliphatic rings. The quantitative estimate of drug-likeness (QED) is 0.530. The topological polar surface area (TPSA) is 29.5 Å². The first kappa shape index (κ1) is 12.2. The molecule has 1 rings (SSSR count). The van der Waals surface area contributed by atoms with Crippen molar-refractivity contribution in [1.82, 2.24) is 4.90 Å². The number of ketones is 1. The van der Waals surface area contributed by atoms with Crippen molar-refractivity contribution in [3.63, 3.8) is 0 Å². The highest BCUT2D eigenvalue weighted by molar-refractivity contribution is 7.80. The Bertz CT molecular complexity index is 259. The van der Waals surface area contributed by atoms with Gasteiger partial charge < -0.3 is 14.4 Å². The molecule has 1 saturated heterocycles. The molecule has 1 fully saturated rings. The fraction of sp³-hybridized carbons (Fsp3) is 0.636. The zero-order valence-electron chi connectivity index (χ0n) is 9.07. The maximum absolute atomic E-state index is 10.6. The molecule has 0 radical (unpaired) electrons. The summed E-state index contributed by atoms with van der Waals surface area (Å²) in [4.78, 5) is 12.7. The van der Waals surface area contributed by atoms with Crippen molar-refractivity contribution in [2.45, 2.75) is 26.2 Å². The Kier molecular flexibility index (Phi) is 5.32. The molecule has 0 aromatic rings. The first-order chi connectivity index (χ1) is 7.20. The van der Waals surface area contributed by atoms with E-state index < -0.39 is 0 Å². The number of nitrogens with zero attached hydrogens (tertiary/aromatic N) is 1. The normalized spacial score (nSPS) is 15.1. The fourth-order valence-electron chi connectivity index (χ4n) is 1.18. The average Bonchev–Trinajstić information content (AvgIpc) is 2.07. The number of carbonyl (C=O) groups is 1. The molecule has 0 N–H and O–H groups in total. The molecule has 0 unspecified atom stereocenters. The monoisotopic (exact) mass is 227 g/mol. The lowest BCUT2D eigenvalue weighted by molar-refractivity contribution is -0.116. The molecular weight excluding hydrogens is 210 g/mol. The van der Waals surface area contributed by atoms with Gasteiger partial charge in [-0.1, -0.05) is 12.2 Å². The summed E-state index contributed by atoms with van der Waals surface area (Å²) >= 11 is 5.06. The van der Waals surface area contributed by atoms with Gasteiger partial charge in [0, 0.05) is 19.5 Å². The Morgan fingerprint density at radius 3 is 2.73 bits per heavy atom. The number of hydrogen-bond donors (Lipinski definition) is 0. The van der Waals surface area contributed by atoms with Crippen LogP contribution >= 0.6 is 12.2 Å². The Hall–Kier alpha value is -0.900. The summed E-state index contributed by atoms with van der Waals surface area (Å²) in [6.45, 7) is 4.15. The molecule has 0 aromatic heterocycles. The molecule has 0 amide bonds.